The molecule has 0 aliphatic carbocycles. The van der Waals surface area contributed by atoms with Crippen LogP contribution in [-0.2, 0) is 11.3 Å². The van der Waals surface area contributed by atoms with Crippen LogP contribution in [-0.4, -0.2) is 23.7 Å². The molecule has 4 aromatic rings. The molecule has 1 aliphatic heterocycles. The summed E-state index contributed by atoms with van der Waals surface area (Å²) >= 11 is 0. The standard InChI is InChI=1S/C27H26N2O4/c1-17(2)26(18-11-12-23-24(15-18)33-14-13-32-23)28-25(30)16-29-21-9-5-3-7-19(21)27(31)20-8-4-6-10-22(20)29/h3-12,15,17,26H,13-14,16H2,1-2H3,(H,28,30). The molecule has 3 aromatic carbocycles. The molecule has 0 radical (unpaired) electrons. The second-order valence-corrected chi connectivity index (χ2v) is 8.64. The molecule has 0 saturated heterocycles. The Hall–Kier alpha value is -3.80. The van der Waals surface area contributed by atoms with Gasteiger partial charge < -0.3 is 19.4 Å². The Bertz CT molecular complexity index is 1350. The van der Waals surface area contributed by atoms with E-state index >= 15 is 0 Å². The summed E-state index contributed by atoms with van der Waals surface area (Å²) in [6, 6.07) is 20.5. The first-order valence-electron chi connectivity index (χ1n) is 11.2. The molecule has 168 valence electrons. The van der Waals surface area contributed by atoms with E-state index in [1.807, 2.05) is 71.3 Å². The van der Waals surface area contributed by atoms with Gasteiger partial charge in [0.05, 0.1) is 17.1 Å². The summed E-state index contributed by atoms with van der Waals surface area (Å²) in [5.74, 6) is 1.47. The largest absolute Gasteiger partial charge is 0.486 e. The quantitative estimate of drug-likeness (QED) is 0.464. The number of nitrogens with zero attached hydrogens (tertiary/aromatic N) is 1. The van der Waals surface area contributed by atoms with Crippen molar-refractivity contribution in [3.8, 4) is 11.5 Å². The van der Waals surface area contributed by atoms with Crippen molar-refractivity contribution in [2.75, 3.05) is 13.2 Å². The second kappa shape index (κ2) is 8.62. The van der Waals surface area contributed by atoms with Crippen LogP contribution >= 0.6 is 0 Å². The van der Waals surface area contributed by atoms with Crippen LogP contribution in [0.5, 0.6) is 11.5 Å². The molecule has 5 rings (SSSR count). The van der Waals surface area contributed by atoms with E-state index in [4.69, 9.17) is 9.47 Å². The average molecular weight is 443 g/mol. The number of aromatic nitrogens is 1. The van der Waals surface area contributed by atoms with Crippen LogP contribution in [0.1, 0.15) is 25.5 Å². The summed E-state index contributed by atoms with van der Waals surface area (Å²) in [5.41, 5.74) is 2.44. The van der Waals surface area contributed by atoms with E-state index in [0.717, 1.165) is 22.3 Å². The molecule has 2 heterocycles. The molecule has 1 aliphatic rings. The highest BCUT2D eigenvalue weighted by Gasteiger charge is 2.22. The molecule has 0 bridgehead atoms. The molecule has 1 aromatic heterocycles. The molecular weight excluding hydrogens is 416 g/mol. The van der Waals surface area contributed by atoms with Gasteiger partial charge in [0.1, 0.15) is 19.8 Å². The van der Waals surface area contributed by atoms with Gasteiger partial charge in [-0.15, -0.1) is 0 Å². The zero-order chi connectivity index (χ0) is 22.9. The molecule has 1 amide bonds. The zero-order valence-electron chi connectivity index (χ0n) is 18.7. The third-order valence-electron chi connectivity index (χ3n) is 6.09. The summed E-state index contributed by atoms with van der Waals surface area (Å²) in [7, 11) is 0. The number of carbonyl (C=O) groups is 1. The number of carbonyl (C=O) groups excluding carboxylic acids is 1. The number of pyridine rings is 1. The van der Waals surface area contributed by atoms with Gasteiger partial charge in [-0.3, -0.25) is 9.59 Å². The number of nitrogens with one attached hydrogen (secondary N) is 1. The molecule has 1 N–H and O–H groups in total. The van der Waals surface area contributed by atoms with Crippen molar-refractivity contribution in [1.29, 1.82) is 0 Å². The first-order chi connectivity index (χ1) is 16.0. The fourth-order valence-electron chi connectivity index (χ4n) is 4.50. The van der Waals surface area contributed by atoms with Gasteiger partial charge >= 0.3 is 0 Å². The van der Waals surface area contributed by atoms with Crippen molar-refractivity contribution in [3.63, 3.8) is 0 Å². The van der Waals surface area contributed by atoms with Gasteiger partial charge in [0.15, 0.2) is 16.9 Å². The number of fused-ring (bicyclic) bond motifs is 3. The zero-order valence-corrected chi connectivity index (χ0v) is 18.7. The molecule has 0 fully saturated rings. The van der Waals surface area contributed by atoms with E-state index < -0.39 is 0 Å². The number of para-hydroxylation sites is 2. The van der Waals surface area contributed by atoms with E-state index in [0.29, 0.717) is 29.7 Å². The summed E-state index contributed by atoms with van der Waals surface area (Å²) in [6.45, 7) is 5.31. The maximum Gasteiger partial charge on any atom is 0.240 e. The van der Waals surface area contributed by atoms with Gasteiger partial charge in [0.25, 0.3) is 0 Å². The van der Waals surface area contributed by atoms with Crippen LogP contribution in [0.4, 0.5) is 0 Å². The lowest BCUT2D eigenvalue weighted by Crippen LogP contribution is -2.34. The van der Waals surface area contributed by atoms with Crippen LogP contribution in [0.25, 0.3) is 21.8 Å². The van der Waals surface area contributed by atoms with Crippen LogP contribution in [0.2, 0.25) is 0 Å². The molecule has 1 unspecified atom stereocenters. The van der Waals surface area contributed by atoms with Crippen LogP contribution < -0.4 is 20.2 Å². The van der Waals surface area contributed by atoms with E-state index in [9.17, 15) is 9.59 Å². The molecule has 0 saturated carbocycles. The third kappa shape index (κ3) is 3.93. The topological polar surface area (TPSA) is 69.6 Å². The highest BCUT2D eigenvalue weighted by molar-refractivity contribution is 5.94. The SMILES string of the molecule is CC(C)C(NC(=O)Cn1c2ccccc2c(=O)c2ccccc21)c1ccc2c(c1)OCCO2. The first-order valence-corrected chi connectivity index (χ1v) is 11.2. The van der Waals surface area contributed by atoms with Gasteiger partial charge in [0, 0.05) is 10.8 Å². The van der Waals surface area contributed by atoms with Crippen molar-refractivity contribution >= 4 is 27.7 Å². The summed E-state index contributed by atoms with van der Waals surface area (Å²) in [6.07, 6.45) is 0. The van der Waals surface area contributed by atoms with E-state index in [-0.39, 0.29) is 29.8 Å². The van der Waals surface area contributed by atoms with Gasteiger partial charge in [-0.05, 0) is 47.9 Å². The smallest absolute Gasteiger partial charge is 0.240 e. The Kier molecular flexibility index (Phi) is 5.50. The number of hydrogen-bond acceptors (Lipinski definition) is 4. The average Bonchev–Trinajstić information content (AvgIpc) is 2.84. The lowest BCUT2D eigenvalue weighted by Gasteiger charge is -2.26. The number of benzene rings is 3. The molecule has 0 spiro atoms. The number of hydrogen-bond donors (Lipinski definition) is 1. The highest BCUT2D eigenvalue weighted by Crippen LogP contribution is 2.34. The lowest BCUT2D eigenvalue weighted by atomic mass is 9.95. The monoisotopic (exact) mass is 442 g/mol. The number of rotatable bonds is 5. The van der Waals surface area contributed by atoms with Gasteiger partial charge in [-0.2, -0.15) is 0 Å². The Morgan fingerprint density at radius 2 is 1.52 bits per heavy atom. The number of ether oxygens (including phenoxy) is 2. The number of amides is 1. The molecule has 33 heavy (non-hydrogen) atoms. The summed E-state index contributed by atoms with van der Waals surface area (Å²) in [5, 5.41) is 4.41. The summed E-state index contributed by atoms with van der Waals surface area (Å²) in [4.78, 5) is 26.3. The minimum atomic E-state index is -0.190. The lowest BCUT2D eigenvalue weighted by molar-refractivity contribution is -0.122. The van der Waals surface area contributed by atoms with Crippen molar-refractivity contribution in [2.45, 2.75) is 26.4 Å². The summed E-state index contributed by atoms with van der Waals surface area (Å²) < 4.78 is 13.3. The van der Waals surface area contributed by atoms with E-state index in [1.54, 1.807) is 0 Å². The Morgan fingerprint density at radius 1 is 0.909 bits per heavy atom. The van der Waals surface area contributed by atoms with Crippen molar-refractivity contribution in [2.24, 2.45) is 5.92 Å². The molecule has 6 nitrogen and oxygen atoms in total. The van der Waals surface area contributed by atoms with Crippen molar-refractivity contribution in [1.82, 2.24) is 9.88 Å². The van der Waals surface area contributed by atoms with E-state index in [1.165, 1.54) is 0 Å². The Labute approximate surface area is 191 Å². The predicted octanol–water partition coefficient (Wildman–Crippen LogP) is 4.44. The minimum absolute atomic E-state index is 0.0193. The van der Waals surface area contributed by atoms with Gasteiger partial charge in [0.2, 0.25) is 5.91 Å². The van der Waals surface area contributed by atoms with Crippen molar-refractivity contribution < 1.29 is 14.3 Å². The fraction of sp³-hybridized carbons (Fsp3) is 0.259. The molecule has 6 heteroatoms. The minimum Gasteiger partial charge on any atom is -0.486 e. The predicted molar refractivity (Wildman–Crippen MR) is 129 cm³/mol. The first kappa shape index (κ1) is 21.1. The highest BCUT2D eigenvalue weighted by atomic mass is 16.6. The van der Waals surface area contributed by atoms with Gasteiger partial charge in [-0.25, -0.2) is 0 Å². The fourth-order valence-corrected chi connectivity index (χ4v) is 4.50. The third-order valence-corrected chi connectivity index (χ3v) is 6.09. The Morgan fingerprint density at radius 3 is 2.15 bits per heavy atom. The Balaban J connectivity index is 1.49. The van der Waals surface area contributed by atoms with Crippen molar-refractivity contribution in [3.05, 3.63) is 82.5 Å². The van der Waals surface area contributed by atoms with Gasteiger partial charge in [-0.1, -0.05) is 44.2 Å². The second-order valence-electron chi connectivity index (χ2n) is 8.64. The van der Waals surface area contributed by atoms with E-state index in [2.05, 4.69) is 19.2 Å². The molecule has 1 atom stereocenters. The maximum atomic E-state index is 13.3. The van der Waals surface area contributed by atoms with Crippen LogP contribution in [0.15, 0.2) is 71.5 Å². The normalized spacial score (nSPS) is 13.9. The molecular formula is C27H26N2O4. The van der Waals surface area contributed by atoms with Crippen LogP contribution in [0, 0.1) is 5.92 Å². The maximum absolute atomic E-state index is 13.3. The van der Waals surface area contributed by atoms with Crippen LogP contribution in [0.3, 0.4) is 0 Å².